The van der Waals surface area contributed by atoms with Gasteiger partial charge >= 0.3 is 11.9 Å². The molecule has 0 radical (unpaired) electrons. The summed E-state index contributed by atoms with van der Waals surface area (Å²) in [6, 6.07) is 0. The molecule has 0 aliphatic rings. The number of hydrogen-bond donors (Lipinski definition) is 2. The van der Waals surface area contributed by atoms with Gasteiger partial charge in [0.25, 0.3) is 0 Å². The van der Waals surface area contributed by atoms with Crippen LogP contribution in [0.3, 0.4) is 0 Å². The number of hydrogen-bond acceptors (Lipinski definition) is 8. The molecule has 10 nitrogen and oxygen atoms in total. The zero-order valence-corrected chi connectivity index (χ0v) is 12.7. The third-order valence-corrected chi connectivity index (χ3v) is 2.75. The zero-order chi connectivity index (χ0) is 16.6. The number of H-pyrrole nitrogens is 1. The summed E-state index contributed by atoms with van der Waals surface area (Å²) >= 11 is 0. The van der Waals surface area contributed by atoms with Crippen molar-refractivity contribution in [3.63, 3.8) is 0 Å². The predicted octanol–water partition coefficient (Wildman–Crippen LogP) is -0.562. The number of nitrogens with one attached hydrogen (secondary N) is 2. The van der Waals surface area contributed by atoms with E-state index in [-0.39, 0.29) is 31.9 Å². The van der Waals surface area contributed by atoms with E-state index in [1.54, 1.807) is 13.8 Å². The number of tetrazole rings is 1. The number of carbonyl (C=O) groups is 3. The number of amides is 1. The number of ether oxygens (including phenoxy) is 2. The monoisotopic (exact) mass is 313 g/mol. The average molecular weight is 313 g/mol. The van der Waals surface area contributed by atoms with Gasteiger partial charge in [0, 0.05) is 13.3 Å². The minimum absolute atomic E-state index is 0.0783. The highest BCUT2D eigenvalue weighted by atomic mass is 16.5. The highest BCUT2D eigenvalue weighted by molar-refractivity contribution is 5.88. The molecule has 10 heteroatoms. The number of rotatable bonds is 8. The van der Waals surface area contributed by atoms with Crippen molar-refractivity contribution in [3.05, 3.63) is 5.82 Å². The average Bonchev–Trinajstić information content (AvgIpc) is 2.98. The van der Waals surface area contributed by atoms with Crippen molar-refractivity contribution in [2.24, 2.45) is 0 Å². The second-order valence-electron chi connectivity index (χ2n) is 4.35. The van der Waals surface area contributed by atoms with Gasteiger partial charge in [-0.25, -0.2) is 4.79 Å². The van der Waals surface area contributed by atoms with E-state index in [1.807, 2.05) is 0 Å². The molecule has 1 amide bonds. The molecule has 0 fully saturated rings. The Balaban J connectivity index is 3.11. The van der Waals surface area contributed by atoms with E-state index in [2.05, 4.69) is 25.9 Å². The zero-order valence-electron chi connectivity index (χ0n) is 12.7. The van der Waals surface area contributed by atoms with Gasteiger partial charge in [0.1, 0.15) is 0 Å². The fourth-order valence-corrected chi connectivity index (χ4v) is 1.89. The molecule has 1 aromatic heterocycles. The van der Waals surface area contributed by atoms with Gasteiger partial charge in [-0.15, -0.1) is 10.2 Å². The van der Waals surface area contributed by atoms with Crippen LogP contribution >= 0.6 is 0 Å². The molecule has 2 N–H and O–H groups in total. The van der Waals surface area contributed by atoms with Gasteiger partial charge in [0.2, 0.25) is 17.3 Å². The second-order valence-corrected chi connectivity index (χ2v) is 4.35. The molecule has 0 saturated carbocycles. The molecule has 1 heterocycles. The highest BCUT2D eigenvalue weighted by Crippen LogP contribution is 2.25. The lowest BCUT2D eigenvalue weighted by atomic mass is 9.92. The van der Waals surface area contributed by atoms with Crippen LogP contribution < -0.4 is 5.32 Å². The molecule has 1 unspecified atom stereocenters. The highest BCUT2D eigenvalue weighted by Gasteiger charge is 2.47. The number of esters is 2. The van der Waals surface area contributed by atoms with Gasteiger partial charge in [-0.2, -0.15) is 5.21 Å². The molecule has 0 aliphatic heterocycles. The van der Waals surface area contributed by atoms with E-state index in [9.17, 15) is 14.4 Å². The summed E-state index contributed by atoms with van der Waals surface area (Å²) in [5.74, 6) is -1.85. The van der Waals surface area contributed by atoms with Crippen LogP contribution in [-0.4, -0.2) is 51.7 Å². The Morgan fingerprint density at radius 2 is 1.91 bits per heavy atom. The Morgan fingerprint density at radius 1 is 1.23 bits per heavy atom. The number of nitrogens with zero attached hydrogens (tertiary/aromatic N) is 3. The van der Waals surface area contributed by atoms with Crippen molar-refractivity contribution >= 4 is 17.8 Å². The topological polar surface area (TPSA) is 136 Å². The van der Waals surface area contributed by atoms with Gasteiger partial charge < -0.3 is 14.8 Å². The molecule has 0 spiro atoms. The van der Waals surface area contributed by atoms with Gasteiger partial charge in [-0.05, 0) is 20.3 Å². The molecule has 0 aromatic carbocycles. The number of aromatic amines is 1. The lowest BCUT2D eigenvalue weighted by Crippen LogP contribution is -2.53. The molecule has 0 aliphatic carbocycles. The third kappa shape index (κ3) is 4.24. The molecule has 1 aromatic rings. The van der Waals surface area contributed by atoms with Crippen LogP contribution in [0.4, 0.5) is 0 Å². The smallest absolute Gasteiger partial charge is 0.340 e. The Bertz CT molecular complexity index is 518. The molecule has 1 atom stereocenters. The van der Waals surface area contributed by atoms with E-state index in [0.29, 0.717) is 0 Å². The Morgan fingerprint density at radius 3 is 2.41 bits per heavy atom. The maximum Gasteiger partial charge on any atom is 0.340 e. The normalized spacial score (nSPS) is 13.0. The minimum atomic E-state index is -1.69. The Hall–Kier alpha value is -2.52. The van der Waals surface area contributed by atoms with Crippen molar-refractivity contribution in [3.8, 4) is 0 Å². The van der Waals surface area contributed by atoms with Crippen LogP contribution in [-0.2, 0) is 29.4 Å². The SMILES string of the molecule is CCOC(=O)CCC(NC(C)=O)(C(=O)OCC)c1nn[nH]n1. The van der Waals surface area contributed by atoms with Crippen LogP contribution in [0, 0.1) is 0 Å². The molecule has 122 valence electrons. The summed E-state index contributed by atoms with van der Waals surface area (Å²) in [7, 11) is 0. The van der Waals surface area contributed by atoms with Crippen molar-refractivity contribution in [2.75, 3.05) is 13.2 Å². The van der Waals surface area contributed by atoms with E-state index in [1.165, 1.54) is 6.92 Å². The Kier molecular flexibility index (Phi) is 6.42. The summed E-state index contributed by atoms with van der Waals surface area (Å²) in [6.07, 6.45) is -0.231. The first-order chi connectivity index (χ1) is 10.5. The quantitative estimate of drug-likeness (QED) is 0.609. The van der Waals surface area contributed by atoms with Crippen molar-refractivity contribution in [1.82, 2.24) is 25.9 Å². The van der Waals surface area contributed by atoms with Crippen LogP contribution in [0.25, 0.3) is 0 Å². The van der Waals surface area contributed by atoms with Crippen molar-refractivity contribution < 1.29 is 23.9 Å². The van der Waals surface area contributed by atoms with Crippen LogP contribution in [0.1, 0.15) is 39.4 Å². The first-order valence-electron chi connectivity index (χ1n) is 6.81. The molecular weight excluding hydrogens is 294 g/mol. The first-order valence-corrected chi connectivity index (χ1v) is 6.81. The molecular formula is C12H19N5O5. The standard InChI is InChI=1S/C12H19N5O5/c1-4-21-9(19)6-7-12(13-8(3)18,11(20)22-5-2)10-14-16-17-15-10/h4-7H2,1-3H3,(H,13,18)(H,14,15,16,17). The maximum absolute atomic E-state index is 12.4. The van der Waals surface area contributed by atoms with E-state index in [0.717, 1.165) is 0 Å². The summed E-state index contributed by atoms with van der Waals surface area (Å²) in [5.41, 5.74) is -1.69. The molecule has 1 rings (SSSR count). The summed E-state index contributed by atoms with van der Waals surface area (Å²) in [6.45, 7) is 4.84. The maximum atomic E-state index is 12.4. The summed E-state index contributed by atoms with van der Waals surface area (Å²) in [4.78, 5) is 35.4. The third-order valence-electron chi connectivity index (χ3n) is 2.75. The predicted molar refractivity (Wildman–Crippen MR) is 72.2 cm³/mol. The van der Waals surface area contributed by atoms with Gasteiger partial charge in [0.15, 0.2) is 0 Å². The van der Waals surface area contributed by atoms with Crippen LogP contribution in [0.5, 0.6) is 0 Å². The fraction of sp³-hybridized carbons (Fsp3) is 0.667. The van der Waals surface area contributed by atoms with Crippen LogP contribution in [0.15, 0.2) is 0 Å². The lowest BCUT2D eigenvalue weighted by Gasteiger charge is -2.28. The van der Waals surface area contributed by atoms with Gasteiger partial charge in [0.05, 0.1) is 13.2 Å². The van der Waals surface area contributed by atoms with E-state index < -0.39 is 23.4 Å². The second kappa shape index (κ2) is 8.05. The Labute approximate surface area is 126 Å². The van der Waals surface area contributed by atoms with Crippen LogP contribution in [0.2, 0.25) is 0 Å². The minimum Gasteiger partial charge on any atom is -0.466 e. The largest absolute Gasteiger partial charge is 0.466 e. The molecule has 0 saturated heterocycles. The first kappa shape index (κ1) is 17.5. The van der Waals surface area contributed by atoms with E-state index in [4.69, 9.17) is 9.47 Å². The number of carbonyl (C=O) groups excluding carboxylic acids is 3. The molecule has 0 bridgehead atoms. The number of aromatic nitrogens is 4. The van der Waals surface area contributed by atoms with Gasteiger partial charge in [-0.1, -0.05) is 5.21 Å². The fourth-order valence-electron chi connectivity index (χ4n) is 1.89. The molecule has 22 heavy (non-hydrogen) atoms. The van der Waals surface area contributed by atoms with Gasteiger partial charge in [-0.3, -0.25) is 9.59 Å². The van der Waals surface area contributed by atoms with Crippen molar-refractivity contribution in [1.29, 1.82) is 0 Å². The lowest BCUT2D eigenvalue weighted by molar-refractivity contribution is -0.155. The van der Waals surface area contributed by atoms with Crippen molar-refractivity contribution in [2.45, 2.75) is 39.2 Å². The summed E-state index contributed by atoms with van der Waals surface area (Å²) < 4.78 is 9.83. The van der Waals surface area contributed by atoms with E-state index >= 15 is 0 Å². The summed E-state index contributed by atoms with van der Waals surface area (Å²) in [5, 5.41) is 15.6.